The van der Waals surface area contributed by atoms with E-state index in [9.17, 15) is 14.4 Å². The zero-order valence-electron chi connectivity index (χ0n) is 10.5. The molecule has 5 nitrogen and oxygen atoms in total. The largest absolute Gasteiger partial charge is 0.427 e. The van der Waals surface area contributed by atoms with Crippen molar-refractivity contribution in [3.63, 3.8) is 0 Å². The van der Waals surface area contributed by atoms with Gasteiger partial charge in [0.15, 0.2) is 0 Å². The third kappa shape index (κ3) is 3.91. The number of hydrogen-bond donors (Lipinski definition) is 0. The number of carbonyl (C=O) groups excluding carboxylic acids is 3. The molecule has 1 saturated heterocycles. The number of hydrogen-bond acceptors (Lipinski definition) is 5. The number of ether oxygens (including phenoxy) is 2. The van der Waals surface area contributed by atoms with Gasteiger partial charge in [0.1, 0.15) is 5.75 Å². The topological polar surface area (TPSA) is 69.7 Å². The molecule has 1 fully saturated rings. The van der Waals surface area contributed by atoms with Crippen LogP contribution in [0.25, 0.3) is 0 Å². The van der Waals surface area contributed by atoms with Crippen LogP contribution in [0, 0.1) is 5.92 Å². The maximum absolute atomic E-state index is 11.1. The Bertz CT molecular complexity index is 487. The first kappa shape index (κ1) is 13.3. The van der Waals surface area contributed by atoms with Gasteiger partial charge in [-0.1, -0.05) is 12.1 Å². The minimum atomic E-state index is -0.460. The van der Waals surface area contributed by atoms with Gasteiger partial charge in [-0.15, -0.1) is 0 Å². The Hall–Kier alpha value is -2.17. The molecule has 1 aromatic carbocycles. The molecule has 0 radical (unpaired) electrons. The lowest BCUT2D eigenvalue weighted by Crippen LogP contribution is -2.26. The van der Waals surface area contributed by atoms with E-state index in [1.807, 2.05) is 12.1 Å². The van der Waals surface area contributed by atoms with Crippen molar-refractivity contribution in [1.82, 2.24) is 0 Å². The van der Waals surface area contributed by atoms with Crippen molar-refractivity contribution in [2.75, 3.05) is 0 Å². The first-order valence-corrected chi connectivity index (χ1v) is 6.04. The van der Waals surface area contributed by atoms with Gasteiger partial charge in [-0.3, -0.25) is 14.4 Å². The van der Waals surface area contributed by atoms with Gasteiger partial charge in [0, 0.05) is 19.8 Å². The number of cyclic esters (lactones) is 2. The molecule has 0 aromatic heterocycles. The molecular weight excluding hydrogens is 248 g/mol. The molecule has 0 atom stereocenters. The normalized spacial score (nSPS) is 16.1. The standard InChI is InChI=1S/C14H14O5/c1-9(15)18-12-4-2-10(3-5-12)6-11-7-13(16)19-14(17)8-11/h2-5,11H,6-8H2,1H3. The summed E-state index contributed by atoms with van der Waals surface area (Å²) in [5.74, 6) is -0.826. The SMILES string of the molecule is CC(=O)Oc1ccc(CC2CC(=O)OC(=O)C2)cc1. The Labute approximate surface area is 110 Å². The maximum atomic E-state index is 11.1. The fourth-order valence-electron chi connectivity index (χ4n) is 2.09. The van der Waals surface area contributed by atoms with Gasteiger partial charge < -0.3 is 9.47 Å². The number of esters is 3. The minimum Gasteiger partial charge on any atom is -0.427 e. The molecule has 100 valence electrons. The molecule has 19 heavy (non-hydrogen) atoms. The van der Waals surface area contributed by atoms with Gasteiger partial charge in [0.2, 0.25) is 0 Å². The summed E-state index contributed by atoms with van der Waals surface area (Å²) in [6.07, 6.45) is 1.15. The lowest BCUT2D eigenvalue weighted by molar-refractivity contribution is -0.165. The van der Waals surface area contributed by atoms with Crippen LogP contribution in [0.15, 0.2) is 24.3 Å². The Balaban J connectivity index is 1.97. The zero-order valence-corrected chi connectivity index (χ0v) is 10.5. The van der Waals surface area contributed by atoms with E-state index in [2.05, 4.69) is 4.74 Å². The lowest BCUT2D eigenvalue weighted by atomic mass is 9.92. The van der Waals surface area contributed by atoms with Crippen molar-refractivity contribution in [1.29, 1.82) is 0 Å². The molecule has 0 bridgehead atoms. The van der Waals surface area contributed by atoms with Crippen LogP contribution in [-0.2, 0) is 25.5 Å². The van der Waals surface area contributed by atoms with Crippen LogP contribution in [0.1, 0.15) is 25.3 Å². The molecular formula is C14H14O5. The molecule has 0 spiro atoms. The smallest absolute Gasteiger partial charge is 0.313 e. The Kier molecular flexibility index (Phi) is 3.94. The fourth-order valence-corrected chi connectivity index (χ4v) is 2.09. The molecule has 0 unspecified atom stereocenters. The quantitative estimate of drug-likeness (QED) is 0.470. The summed E-state index contributed by atoms with van der Waals surface area (Å²) in [4.78, 5) is 33.1. The van der Waals surface area contributed by atoms with E-state index in [1.165, 1.54) is 6.92 Å². The van der Waals surface area contributed by atoms with Gasteiger partial charge in [-0.05, 0) is 30.0 Å². The van der Waals surface area contributed by atoms with Crippen LogP contribution in [0.4, 0.5) is 0 Å². The molecule has 0 N–H and O–H groups in total. The zero-order chi connectivity index (χ0) is 13.8. The summed E-state index contributed by atoms with van der Waals surface area (Å²) in [6, 6.07) is 7.03. The van der Waals surface area contributed by atoms with Crippen LogP contribution < -0.4 is 4.74 Å². The number of benzene rings is 1. The minimum absolute atomic E-state index is 0.0201. The van der Waals surface area contributed by atoms with Crippen molar-refractivity contribution in [3.05, 3.63) is 29.8 Å². The van der Waals surface area contributed by atoms with Gasteiger partial charge in [-0.25, -0.2) is 0 Å². The van der Waals surface area contributed by atoms with Crippen molar-refractivity contribution < 1.29 is 23.9 Å². The predicted molar refractivity (Wildman–Crippen MR) is 65.3 cm³/mol. The van der Waals surface area contributed by atoms with Crippen LogP contribution >= 0.6 is 0 Å². The number of rotatable bonds is 3. The van der Waals surface area contributed by atoms with Crippen LogP contribution in [-0.4, -0.2) is 17.9 Å². The van der Waals surface area contributed by atoms with E-state index in [1.54, 1.807) is 12.1 Å². The van der Waals surface area contributed by atoms with Gasteiger partial charge in [0.05, 0.1) is 0 Å². The highest BCUT2D eigenvalue weighted by atomic mass is 16.6. The van der Waals surface area contributed by atoms with E-state index in [4.69, 9.17) is 4.74 Å². The first-order chi connectivity index (χ1) is 9.02. The second-order valence-corrected chi connectivity index (χ2v) is 4.56. The van der Waals surface area contributed by atoms with E-state index in [0.717, 1.165) is 5.56 Å². The Morgan fingerprint density at radius 3 is 2.32 bits per heavy atom. The average molecular weight is 262 g/mol. The summed E-state index contributed by atoms with van der Waals surface area (Å²) < 4.78 is 9.41. The van der Waals surface area contributed by atoms with E-state index < -0.39 is 11.9 Å². The molecule has 1 heterocycles. The monoisotopic (exact) mass is 262 g/mol. The second-order valence-electron chi connectivity index (χ2n) is 4.56. The highest BCUT2D eigenvalue weighted by molar-refractivity contribution is 5.88. The highest BCUT2D eigenvalue weighted by Crippen LogP contribution is 2.23. The second kappa shape index (κ2) is 5.65. The van der Waals surface area contributed by atoms with E-state index in [-0.39, 0.29) is 24.7 Å². The summed E-state index contributed by atoms with van der Waals surface area (Å²) in [6.45, 7) is 1.34. The fraction of sp³-hybridized carbons (Fsp3) is 0.357. The molecule has 1 aliphatic heterocycles. The van der Waals surface area contributed by atoms with Crippen molar-refractivity contribution >= 4 is 17.9 Å². The molecule has 0 saturated carbocycles. The van der Waals surface area contributed by atoms with Crippen LogP contribution in [0.5, 0.6) is 5.75 Å². The number of carbonyl (C=O) groups is 3. The Morgan fingerprint density at radius 1 is 1.21 bits per heavy atom. The van der Waals surface area contributed by atoms with Crippen LogP contribution in [0.3, 0.4) is 0 Å². The third-order valence-electron chi connectivity index (χ3n) is 2.85. The summed E-state index contributed by atoms with van der Waals surface area (Å²) >= 11 is 0. The van der Waals surface area contributed by atoms with Gasteiger partial charge in [0.25, 0.3) is 0 Å². The third-order valence-corrected chi connectivity index (χ3v) is 2.85. The average Bonchev–Trinajstić information content (AvgIpc) is 2.29. The van der Waals surface area contributed by atoms with Crippen molar-refractivity contribution in [2.24, 2.45) is 5.92 Å². The van der Waals surface area contributed by atoms with Gasteiger partial charge >= 0.3 is 17.9 Å². The highest BCUT2D eigenvalue weighted by Gasteiger charge is 2.27. The first-order valence-electron chi connectivity index (χ1n) is 6.04. The lowest BCUT2D eigenvalue weighted by Gasteiger charge is -2.19. The predicted octanol–water partition coefficient (Wildman–Crippen LogP) is 1.63. The molecule has 1 aliphatic rings. The molecule has 5 heteroatoms. The Morgan fingerprint density at radius 2 is 1.79 bits per heavy atom. The van der Waals surface area contributed by atoms with E-state index in [0.29, 0.717) is 12.2 Å². The van der Waals surface area contributed by atoms with E-state index >= 15 is 0 Å². The van der Waals surface area contributed by atoms with Gasteiger partial charge in [-0.2, -0.15) is 0 Å². The molecule has 0 aliphatic carbocycles. The summed E-state index contributed by atoms with van der Waals surface area (Å²) in [5, 5.41) is 0. The van der Waals surface area contributed by atoms with Crippen LogP contribution in [0.2, 0.25) is 0 Å². The maximum Gasteiger partial charge on any atom is 0.313 e. The summed E-state index contributed by atoms with van der Waals surface area (Å²) in [5.41, 5.74) is 0.989. The molecule has 2 rings (SSSR count). The molecule has 1 aromatic rings. The van der Waals surface area contributed by atoms with Crippen molar-refractivity contribution in [3.8, 4) is 5.75 Å². The summed E-state index contributed by atoms with van der Waals surface area (Å²) in [7, 11) is 0. The van der Waals surface area contributed by atoms with Crippen molar-refractivity contribution in [2.45, 2.75) is 26.2 Å². The molecule has 0 amide bonds.